The molecule has 2 fully saturated rings. The summed E-state index contributed by atoms with van der Waals surface area (Å²) in [7, 11) is 1.77. The highest BCUT2D eigenvalue weighted by Gasteiger charge is 2.63. The molecule has 0 unspecified atom stereocenters. The molecular weight excluding hydrogens is 303 g/mol. The van der Waals surface area contributed by atoms with Crippen LogP contribution in [0, 0.1) is 29.1 Å². The van der Waals surface area contributed by atoms with Gasteiger partial charge < -0.3 is 9.84 Å². The lowest BCUT2D eigenvalue weighted by atomic mass is 9.50. The van der Waals surface area contributed by atoms with E-state index in [-0.39, 0.29) is 12.0 Å². The molecule has 0 aliphatic heterocycles. The van der Waals surface area contributed by atoms with Gasteiger partial charge in [-0.05, 0) is 68.3 Å². The number of rotatable bonds is 2. The number of allylic oxidation sites excluding steroid dienone is 3. The first kappa shape index (κ1) is 16.6. The molecule has 0 radical (unpaired) electrons. The molecule has 24 heavy (non-hydrogen) atoms. The van der Waals surface area contributed by atoms with Gasteiger partial charge in [-0.1, -0.05) is 25.0 Å². The van der Waals surface area contributed by atoms with Crippen LogP contribution in [0.15, 0.2) is 23.0 Å². The van der Waals surface area contributed by atoms with Crippen molar-refractivity contribution in [1.29, 1.82) is 0 Å². The zero-order valence-electron chi connectivity index (χ0n) is 15.3. The van der Waals surface area contributed by atoms with Gasteiger partial charge in [-0.3, -0.25) is 0 Å². The molecule has 4 aliphatic rings. The van der Waals surface area contributed by atoms with Crippen molar-refractivity contribution < 1.29 is 14.2 Å². The van der Waals surface area contributed by atoms with Crippen molar-refractivity contribution in [2.45, 2.75) is 64.5 Å². The molecule has 6 atom stereocenters. The molecule has 0 saturated heterocycles. The quantitative estimate of drug-likeness (QED) is 0.736. The Morgan fingerprint density at radius 3 is 2.83 bits per heavy atom. The van der Waals surface area contributed by atoms with E-state index in [0.29, 0.717) is 30.1 Å². The highest BCUT2D eigenvalue weighted by atomic mass is 19.1. The number of methoxy groups -OCH3 is 1. The van der Waals surface area contributed by atoms with Crippen molar-refractivity contribution in [2.75, 3.05) is 13.7 Å². The fourth-order valence-electron chi connectivity index (χ4n) is 6.80. The number of halogens is 1. The predicted octanol–water partition coefficient (Wildman–Crippen LogP) is 4.79. The van der Waals surface area contributed by atoms with Crippen LogP contribution in [0.4, 0.5) is 4.39 Å². The second-order valence-corrected chi connectivity index (χ2v) is 8.97. The Kier molecular flexibility index (Phi) is 3.87. The van der Waals surface area contributed by atoms with Crippen LogP contribution >= 0.6 is 0 Å². The number of hydrogen-bond acceptors (Lipinski definition) is 2. The van der Waals surface area contributed by atoms with Crippen molar-refractivity contribution in [1.82, 2.24) is 0 Å². The Morgan fingerprint density at radius 1 is 1.33 bits per heavy atom. The molecule has 0 heterocycles. The Hall–Kier alpha value is -0.830. The summed E-state index contributed by atoms with van der Waals surface area (Å²) in [5.41, 5.74) is 1.53. The van der Waals surface area contributed by atoms with Gasteiger partial charge >= 0.3 is 0 Å². The van der Waals surface area contributed by atoms with Crippen LogP contribution in [0.25, 0.3) is 0 Å². The summed E-state index contributed by atoms with van der Waals surface area (Å²) in [5.74, 6) is 3.35. The third-order valence-electron chi connectivity index (χ3n) is 8.17. The highest BCUT2D eigenvalue weighted by Crippen LogP contribution is 2.66. The fourth-order valence-corrected chi connectivity index (χ4v) is 6.80. The van der Waals surface area contributed by atoms with Crippen LogP contribution in [0.5, 0.6) is 0 Å². The summed E-state index contributed by atoms with van der Waals surface area (Å²) < 4.78 is 20.9. The average molecular weight is 334 g/mol. The van der Waals surface area contributed by atoms with Crippen molar-refractivity contribution in [3.8, 4) is 0 Å². The number of aliphatic hydroxyl groups is 1. The smallest absolute Gasteiger partial charge is 0.139 e. The first-order valence-electron chi connectivity index (χ1n) is 9.67. The molecular formula is C21H31FO2. The van der Waals surface area contributed by atoms with Gasteiger partial charge in [-0.2, -0.15) is 0 Å². The zero-order chi connectivity index (χ0) is 17.1. The maximum Gasteiger partial charge on any atom is 0.139 e. The Labute approximate surface area is 145 Å². The molecule has 0 bridgehead atoms. The highest BCUT2D eigenvalue weighted by molar-refractivity contribution is 5.33. The number of hydrogen-bond donors (Lipinski definition) is 1. The molecule has 0 spiro atoms. The van der Waals surface area contributed by atoms with E-state index in [4.69, 9.17) is 4.74 Å². The molecule has 3 heteroatoms. The second-order valence-electron chi connectivity index (χ2n) is 8.97. The Balaban J connectivity index is 1.66. The fraction of sp³-hybridized carbons (Fsp3) is 0.810. The molecule has 0 aromatic carbocycles. The summed E-state index contributed by atoms with van der Waals surface area (Å²) in [6, 6.07) is 0. The van der Waals surface area contributed by atoms with E-state index in [2.05, 4.69) is 19.9 Å². The SMILES string of the molecule is COC1=CCC2=C(C1)C[C@@H](C)[C@@H]1[C@@H]2CC[C@@]2(C)[C@@H]1CC[C@@]2(F)CO. The summed E-state index contributed by atoms with van der Waals surface area (Å²) in [6.07, 6.45) is 8.88. The minimum atomic E-state index is -1.37. The van der Waals surface area contributed by atoms with E-state index in [1.165, 1.54) is 0 Å². The van der Waals surface area contributed by atoms with Crippen molar-refractivity contribution >= 4 is 0 Å². The van der Waals surface area contributed by atoms with E-state index in [1.54, 1.807) is 18.3 Å². The van der Waals surface area contributed by atoms with E-state index >= 15 is 4.39 Å². The van der Waals surface area contributed by atoms with Gasteiger partial charge in [-0.25, -0.2) is 4.39 Å². The summed E-state index contributed by atoms with van der Waals surface area (Å²) >= 11 is 0. The topological polar surface area (TPSA) is 29.5 Å². The average Bonchev–Trinajstić information content (AvgIpc) is 2.86. The van der Waals surface area contributed by atoms with Crippen LogP contribution < -0.4 is 0 Å². The third kappa shape index (κ3) is 2.09. The van der Waals surface area contributed by atoms with Gasteiger partial charge in [0.1, 0.15) is 5.67 Å². The molecule has 1 N–H and O–H groups in total. The predicted molar refractivity (Wildman–Crippen MR) is 93.1 cm³/mol. The van der Waals surface area contributed by atoms with Crippen LogP contribution in [0.3, 0.4) is 0 Å². The van der Waals surface area contributed by atoms with Gasteiger partial charge in [0.25, 0.3) is 0 Å². The van der Waals surface area contributed by atoms with E-state index in [0.717, 1.165) is 44.3 Å². The van der Waals surface area contributed by atoms with E-state index in [1.807, 2.05) is 0 Å². The zero-order valence-corrected chi connectivity index (χ0v) is 15.3. The van der Waals surface area contributed by atoms with Crippen LogP contribution in [-0.2, 0) is 4.74 Å². The maximum absolute atomic E-state index is 15.4. The molecule has 0 aromatic heterocycles. The number of aliphatic hydroxyl groups excluding tert-OH is 1. The lowest BCUT2D eigenvalue weighted by Gasteiger charge is -2.55. The standard InChI is InChI=1S/C21H31FO2/c1-13-10-14-11-15(24-3)4-5-16(14)17-6-8-20(2)18(19(13)17)7-9-21(20,22)12-23/h4,13,17-19,23H,5-12H2,1-3H3/t13-,17-,18-,19-,20+,21-/m1/s1. The molecule has 0 amide bonds. The van der Waals surface area contributed by atoms with Crippen LogP contribution in [0.2, 0.25) is 0 Å². The largest absolute Gasteiger partial charge is 0.501 e. The minimum absolute atomic E-state index is 0.306. The Bertz CT molecular complexity index is 595. The van der Waals surface area contributed by atoms with Gasteiger partial charge in [0.15, 0.2) is 0 Å². The minimum Gasteiger partial charge on any atom is -0.501 e. The molecule has 2 nitrogen and oxygen atoms in total. The monoisotopic (exact) mass is 334 g/mol. The van der Waals surface area contributed by atoms with Gasteiger partial charge in [0.2, 0.25) is 0 Å². The Morgan fingerprint density at radius 2 is 2.12 bits per heavy atom. The van der Waals surface area contributed by atoms with Gasteiger partial charge in [0, 0.05) is 11.8 Å². The van der Waals surface area contributed by atoms with Crippen LogP contribution in [0.1, 0.15) is 58.8 Å². The van der Waals surface area contributed by atoms with E-state index in [9.17, 15) is 5.11 Å². The number of ether oxygens (including phenoxy) is 1. The summed E-state index contributed by atoms with van der Waals surface area (Å²) in [5, 5.41) is 9.73. The summed E-state index contributed by atoms with van der Waals surface area (Å²) in [6.45, 7) is 4.19. The lowest BCUT2D eigenvalue weighted by molar-refractivity contribution is -0.0895. The number of alkyl halides is 1. The molecule has 0 aromatic rings. The van der Waals surface area contributed by atoms with E-state index < -0.39 is 5.67 Å². The third-order valence-corrected chi connectivity index (χ3v) is 8.17. The molecule has 4 rings (SSSR count). The van der Waals surface area contributed by atoms with Gasteiger partial charge in [0.05, 0.1) is 19.5 Å². The molecule has 4 aliphatic carbocycles. The van der Waals surface area contributed by atoms with Crippen molar-refractivity contribution in [2.24, 2.45) is 29.1 Å². The first-order chi connectivity index (χ1) is 11.4. The van der Waals surface area contributed by atoms with Gasteiger partial charge in [-0.15, -0.1) is 0 Å². The summed E-state index contributed by atoms with van der Waals surface area (Å²) in [4.78, 5) is 0. The van der Waals surface area contributed by atoms with Crippen molar-refractivity contribution in [3.05, 3.63) is 23.0 Å². The first-order valence-corrected chi connectivity index (χ1v) is 9.67. The molecule has 134 valence electrons. The molecule has 2 saturated carbocycles. The number of fused-ring (bicyclic) bond motifs is 4. The van der Waals surface area contributed by atoms with Crippen molar-refractivity contribution in [3.63, 3.8) is 0 Å². The lowest BCUT2D eigenvalue weighted by Crippen LogP contribution is -2.52. The normalized spacial score (nSPS) is 47.6. The van der Waals surface area contributed by atoms with Crippen LogP contribution in [-0.4, -0.2) is 24.5 Å². The maximum atomic E-state index is 15.4. The second kappa shape index (κ2) is 5.59.